The van der Waals surface area contributed by atoms with Gasteiger partial charge in [-0.3, -0.25) is 4.79 Å². The molecule has 0 saturated carbocycles. The largest absolute Gasteiger partial charge is 0.463 e. The van der Waals surface area contributed by atoms with Gasteiger partial charge in [-0.05, 0) is 19.5 Å². The van der Waals surface area contributed by atoms with Crippen molar-refractivity contribution in [3.63, 3.8) is 0 Å². The van der Waals surface area contributed by atoms with Gasteiger partial charge in [0.25, 0.3) is 0 Å². The van der Waals surface area contributed by atoms with E-state index in [1.807, 2.05) is 39.8 Å². The topological polar surface area (TPSA) is 38.8 Å². The SMILES string of the molecule is CN(C)CCOCCOC(=O)CC(C)(C)C. The zero-order valence-corrected chi connectivity index (χ0v) is 11.2. The van der Waals surface area contributed by atoms with Gasteiger partial charge in [0.1, 0.15) is 6.61 Å². The molecule has 0 aliphatic carbocycles. The zero-order valence-electron chi connectivity index (χ0n) is 11.2. The van der Waals surface area contributed by atoms with Gasteiger partial charge in [0.2, 0.25) is 0 Å². The lowest BCUT2D eigenvalue weighted by molar-refractivity contribution is -0.147. The quantitative estimate of drug-likeness (QED) is 0.492. The second-order valence-corrected chi connectivity index (χ2v) is 5.37. The smallest absolute Gasteiger partial charge is 0.306 e. The molecule has 0 unspecified atom stereocenters. The lowest BCUT2D eigenvalue weighted by Crippen LogP contribution is -2.20. The molecule has 0 aromatic heterocycles. The summed E-state index contributed by atoms with van der Waals surface area (Å²) < 4.78 is 10.4. The molecule has 0 radical (unpaired) electrons. The van der Waals surface area contributed by atoms with Gasteiger partial charge < -0.3 is 14.4 Å². The van der Waals surface area contributed by atoms with Crippen LogP contribution in [0.3, 0.4) is 0 Å². The molecule has 16 heavy (non-hydrogen) atoms. The van der Waals surface area contributed by atoms with Gasteiger partial charge >= 0.3 is 5.97 Å². The lowest BCUT2D eigenvalue weighted by Gasteiger charge is -2.16. The first-order valence-corrected chi connectivity index (χ1v) is 5.69. The van der Waals surface area contributed by atoms with Crippen molar-refractivity contribution in [2.45, 2.75) is 27.2 Å². The first kappa shape index (κ1) is 15.4. The summed E-state index contributed by atoms with van der Waals surface area (Å²) in [6, 6.07) is 0. The fraction of sp³-hybridized carbons (Fsp3) is 0.917. The van der Waals surface area contributed by atoms with Crippen LogP contribution in [0.1, 0.15) is 27.2 Å². The lowest BCUT2D eigenvalue weighted by atomic mass is 9.93. The van der Waals surface area contributed by atoms with Gasteiger partial charge in [-0.2, -0.15) is 0 Å². The molecule has 0 spiro atoms. The van der Waals surface area contributed by atoms with E-state index in [4.69, 9.17) is 9.47 Å². The molecular weight excluding hydrogens is 206 g/mol. The first-order chi connectivity index (χ1) is 7.31. The van der Waals surface area contributed by atoms with Gasteiger partial charge in [0.05, 0.1) is 19.6 Å². The highest BCUT2D eigenvalue weighted by Crippen LogP contribution is 2.18. The molecule has 0 saturated heterocycles. The Kier molecular flexibility index (Phi) is 7.34. The summed E-state index contributed by atoms with van der Waals surface area (Å²) >= 11 is 0. The van der Waals surface area contributed by atoms with Crippen molar-refractivity contribution in [3.05, 3.63) is 0 Å². The number of esters is 1. The normalized spacial score (nSPS) is 11.9. The maximum Gasteiger partial charge on any atom is 0.306 e. The summed E-state index contributed by atoms with van der Waals surface area (Å²) in [6.07, 6.45) is 0.449. The van der Waals surface area contributed by atoms with Crippen LogP contribution in [-0.4, -0.2) is 51.3 Å². The van der Waals surface area contributed by atoms with Gasteiger partial charge in [-0.15, -0.1) is 0 Å². The maximum absolute atomic E-state index is 11.3. The van der Waals surface area contributed by atoms with Crippen molar-refractivity contribution in [2.75, 3.05) is 40.5 Å². The number of carbonyl (C=O) groups excluding carboxylic acids is 1. The number of hydrogen-bond acceptors (Lipinski definition) is 4. The fourth-order valence-electron chi connectivity index (χ4n) is 1.05. The monoisotopic (exact) mass is 231 g/mol. The van der Waals surface area contributed by atoms with Crippen molar-refractivity contribution < 1.29 is 14.3 Å². The Bertz CT molecular complexity index is 197. The van der Waals surface area contributed by atoms with E-state index in [9.17, 15) is 4.79 Å². The molecule has 4 heteroatoms. The third-order valence-corrected chi connectivity index (χ3v) is 1.85. The summed E-state index contributed by atoms with van der Waals surface area (Å²) in [5.74, 6) is -0.149. The van der Waals surface area contributed by atoms with E-state index >= 15 is 0 Å². The number of carbonyl (C=O) groups is 1. The van der Waals surface area contributed by atoms with Gasteiger partial charge in [-0.25, -0.2) is 0 Å². The highest BCUT2D eigenvalue weighted by Gasteiger charge is 2.16. The van der Waals surface area contributed by atoms with E-state index in [1.165, 1.54) is 0 Å². The Morgan fingerprint density at radius 2 is 1.75 bits per heavy atom. The summed E-state index contributed by atoms with van der Waals surface area (Å²) in [5.41, 5.74) is -0.0110. The number of likely N-dealkylation sites (N-methyl/N-ethyl adjacent to an activating group) is 1. The summed E-state index contributed by atoms with van der Waals surface area (Å²) in [6.45, 7) is 8.43. The van der Waals surface area contributed by atoms with Gasteiger partial charge in [0.15, 0.2) is 0 Å². The van der Waals surface area contributed by atoms with Crippen LogP contribution in [0.15, 0.2) is 0 Å². The zero-order chi connectivity index (χ0) is 12.6. The molecule has 0 atom stereocenters. The number of rotatable bonds is 7. The number of hydrogen-bond donors (Lipinski definition) is 0. The molecule has 0 aliphatic heterocycles. The average molecular weight is 231 g/mol. The van der Waals surface area contributed by atoms with Crippen LogP contribution in [0.25, 0.3) is 0 Å². The Morgan fingerprint density at radius 1 is 1.12 bits per heavy atom. The van der Waals surface area contributed by atoms with E-state index in [-0.39, 0.29) is 11.4 Å². The minimum absolute atomic E-state index is 0.0110. The van der Waals surface area contributed by atoms with Crippen molar-refractivity contribution in [1.29, 1.82) is 0 Å². The van der Waals surface area contributed by atoms with Crippen LogP contribution < -0.4 is 0 Å². The molecule has 0 heterocycles. The third-order valence-electron chi connectivity index (χ3n) is 1.85. The molecular formula is C12H25NO3. The minimum atomic E-state index is -0.149. The minimum Gasteiger partial charge on any atom is -0.463 e. The third kappa shape index (κ3) is 11.5. The van der Waals surface area contributed by atoms with Crippen LogP contribution in [-0.2, 0) is 14.3 Å². The highest BCUT2D eigenvalue weighted by molar-refractivity contribution is 5.70. The number of nitrogens with zero attached hydrogens (tertiary/aromatic N) is 1. The molecule has 0 N–H and O–H groups in total. The molecule has 0 fully saturated rings. The second-order valence-electron chi connectivity index (χ2n) is 5.37. The summed E-state index contributed by atoms with van der Waals surface area (Å²) in [5, 5.41) is 0. The molecule has 0 rings (SSSR count). The molecule has 0 amide bonds. The summed E-state index contributed by atoms with van der Waals surface area (Å²) in [7, 11) is 3.99. The Morgan fingerprint density at radius 3 is 2.25 bits per heavy atom. The second kappa shape index (κ2) is 7.63. The van der Waals surface area contributed by atoms with Crippen LogP contribution in [0.2, 0.25) is 0 Å². The molecule has 0 aromatic carbocycles. The van der Waals surface area contributed by atoms with Crippen LogP contribution in [0.5, 0.6) is 0 Å². The number of ether oxygens (including phenoxy) is 2. The molecule has 0 aliphatic rings. The van der Waals surface area contributed by atoms with Crippen LogP contribution in [0.4, 0.5) is 0 Å². The van der Waals surface area contributed by atoms with E-state index in [0.29, 0.717) is 26.2 Å². The van der Waals surface area contributed by atoms with Crippen molar-refractivity contribution in [1.82, 2.24) is 4.90 Å². The maximum atomic E-state index is 11.3. The fourth-order valence-corrected chi connectivity index (χ4v) is 1.05. The van der Waals surface area contributed by atoms with Crippen LogP contribution in [0, 0.1) is 5.41 Å². The Labute approximate surface area is 98.9 Å². The van der Waals surface area contributed by atoms with Crippen molar-refractivity contribution >= 4 is 5.97 Å². The van der Waals surface area contributed by atoms with E-state index in [0.717, 1.165) is 6.54 Å². The first-order valence-electron chi connectivity index (χ1n) is 5.69. The van der Waals surface area contributed by atoms with Crippen molar-refractivity contribution in [2.24, 2.45) is 5.41 Å². The molecule has 4 nitrogen and oxygen atoms in total. The van der Waals surface area contributed by atoms with Gasteiger partial charge in [-0.1, -0.05) is 20.8 Å². The average Bonchev–Trinajstić information content (AvgIpc) is 2.07. The molecule has 0 bridgehead atoms. The standard InChI is InChI=1S/C12H25NO3/c1-12(2,3)10-11(14)16-9-8-15-7-6-13(4)5/h6-10H2,1-5H3. The Hall–Kier alpha value is -0.610. The highest BCUT2D eigenvalue weighted by atomic mass is 16.6. The predicted molar refractivity (Wildman–Crippen MR) is 64.4 cm³/mol. The Balaban J connectivity index is 3.35. The molecule has 96 valence electrons. The predicted octanol–water partition coefficient (Wildman–Crippen LogP) is 1.54. The van der Waals surface area contributed by atoms with Gasteiger partial charge in [0, 0.05) is 6.54 Å². The van der Waals surface area contributed by atoms with Crippen molar-refractivity contribution in [3.8, 4) is 0 Å². The van der Waals surface area contributed by atoms with E-state index < -0.39 is 0 Å². The molecule has 0 aromatic rings. The van der Waals surface area contributed by atoms with E-state index in [2.05, 4.69) is 0 Å². The van der Waals surface area contributed by atoms with E-state index in [1.54, 1.807) is 0 Å². The summed E-state index contributed by atoms with van der Waals surface area (Å²) in [4.78, 5) is 13.4. The van der Waals surface area contributed by atoms with Crippen LogP contribution >= 0.6 is 0 Å².